The Bertz CT molecular complexity index is 783. The van der Waals surface area contributed by atoms with Crippen molar-refractivity contribution in [2.75, 3.05) is 26.2 Å². The molecule has 0 N–H and O–H groups in total. The van der Waals surface area contributed by atoms with Gasteiger partial charge in [0.15, 0.2) is 0 Å². The lowest BCUT2D eigenvalue weighted by Gasteiger charge is -2.33. The van der Waals surface area contributed by atoms with Crippen LogP contribution in [-0.2, 0) is 23.0 Å². The molecule has 0 atom stereocenters. The van der Waals surface area contributed by atoms with Crippen molar-refractivity contribution in [3.8, 4) is 0 Å². The first-order valence-corrected chi connectivity index (χ1v) is 9.60. The van der Waals surface area contributed by atoms with Gasteiger partial charge in [0.2, 0.25) is 21.8 Å². The molecule has 1 aromatic carbocycles. The smallest absolute Gasteiger partial charge is 0.243 e. The molecule has 1 aliphatic heterocycles. The lowest BCUT2D eigenvalue weighted by atomic mass is 10.3. The van der Waals surface area contributed by atoms with Crippen molar-refractivity contribution in [2.45, 2.75) is 24.8 Å². The van der Waals surface area contributed by atoms with Gasteiger partial charge in [0.25, 0.3) is 0 Å². The highest BCUT2D eigenvalue weighted by Gasteiger charge is 2.28. The van der Waals surface area contributed by atoms with Crippen molar-refractivity contribution in [1.29, 1.82) is 0 Å². The van der Waals surface area contributed by atoms with Crippen LogP contribution in [-0.4, -0.2) is 54.0 Å². The van der Waals surface area contributed by atoms with Crippen molar-refractivity contribution >= 4 is 21.6 Å². The number of nitrogens with zero attached hydrogens (tertiary/aromatic N) is 4. The minimum atomic E-state index is -3.48. The van der Waals surface area contributed by atoms with Gasteiger partial charge in [-0.05, 0) is 24.3 Å². The Labute approximate surface area is 146 Å². The number of halogens is 1. The van der Waals surface area contributed by atoms with E-state index in [1.807, 2.05) is 6.92 Å². The molecule has 1 fully saturated rings. The zero-order chi connectivity index (χ0) is 17.2. The molecule has 9 heteroatoms. The number of benzene rings is 1. The van der Waals surface area contributed by atoms with Crippen LogP contribution in [0, 0.1) is 0 Å². The molecule has 2 heterocycles. The third-order valence-corrected chi connectivity index (χ3v) is 6.12. The van der Waals surface area contributed by atoms with Gasteiger partial charge in [0.1, 0.15) is 0 Å². The minimum absolute atomic E-state index is 0.268. The molecule has 0 amide bonds. The number of sulfonamides is 1. The molecular weight excluding hydrogens is 352 g/mol. The van der Waals surface area contributed by atoms with Gasteiger partial charge in [-0.1, -0.05) is 18.5 Å². The van der Waals surface area contributed by atoms with E-state index in [-0.39, 0.29) is 4.90 Å². The summed E-state index contributed by atoms with van der Waals surface area (Å²) in [5.41, 5.74) is 0. The summed E-state index contributed by atoms with van der Waals surface area (Å²) < 4.78 is 32.3. The number of aromatic nitrogens is 2. The summed E-state index contributed by atoms with van der Waals surface area (Å²) in [6.07, 6.45) is 0.708. The van der Waals surface area contributed by atoms with Crippen LogP contribution in [0.25, 0.3) is 0 Å². The number of hydrogen-bond donors (Lipinski definition) is 0. The summed E-state index contributed by atoms with van der Waals surface area (Å²) in [6, 6.07) is 6.25. The van der Waals surface area contributed by atoms with Gasteiger partial charge in [0, 0.05) is 37.6 Å². The summed E-state index contributed by atoms with van der Waals surface area (Å²) in [5.74, 6) is 1.19. The van der Waals surface area contributed by atoms with Gasteiger partial charge in [-0.15, -0.1) is 10.2 Å². The summed E-state index contributed by atoms with van der Waals surface area (Å²) >= 11 is 5.82. The van der Waals surface area contributed by atoms with Gasteiger partial charge in [0.05, 0.1) is 11.4 Å². The molecule has 1 saturated heterocycles. The van der Waals surface area contributed by atoms with E-state index in [0.717, 1.165) is 0 Å². The Hall–Kier alpha value is -1.48. The lowest BCUT2D eigenvalue weighted by Crippen LogP contribution is -2.48. The van der Waals surface area contributed by atoms with Crippen molar-refractivity contribution in [3.63, 3.8) is 0 Å². The van der Waals surface area contributed by atoms with Crippen molar-refractivity contribution in [2.24, 2.45) is 0 Å². The lowest BCUT2D eigenvalue weighted by molar-refractivity contribution is 0.167. The Kier molecular flexibility index (Phi) is 5.19. The van der Waals surface area contributed by atoms with E-state index in [1.165, 1.54) is 16.4 Å². The number of rotatable bonds is 5. The molecule has 0 unspecified atom stereocenters. The van der Waals surface area contributed by atoms with Gasteiger partial charge >= 0.3 is 0 Å². The fraction of sp³-hybridized carbons (Fsp3) is 0.467. The number of hydrogen-bond acceptors (Lipinski definition) is 6. The third-order valence-electron chi connectivity index (χ3n) is 3.95. The van der Waals surface area contributed by atoms with Gasteiger partial charge in [-0.3, -0.25) is 4.90 Å². The predicted molar refractivity (Wildman–Crippen MR) is 89.2 cm³/mol. The molecule has 24 heavy (non-hydrogen) atoms. The first-order chi connectivity index (χ1) is 11.5. The van der Waals surface area contributed by atoms with Crippen LogP contribution < -0.4 is 0 Å². The van der Waals surface area contributed by atoms with Crippen LogP contribution in [0.3, 0.4) is 0 Å². The summed E-state index contributed by atoms with van der Waals surface area (Å²) in [7, 11) is -3.48. The quantitative estimate of drug-likeness (QED) is 0.798. The minimum Gasteiger partial charge on any atom is -0.424 e. The number of aryl methyl sites for hydroxylation is 1. The summed E-state index contributed by atoms with van der Waals surface area (Å²) in [4.78, 5) is 2.38. The first kappa shape index (κ1) is 17.3. The molecule has 7 nitrogen and oxygen atoms in total. The molecule has 0 radical (unpaired) electrons. The Morgan fingerprint density at radius 3 is 2.29 bits per heavy atom. The standard InChI is InChI=1S/C15H19ClN4O3S/c1-2-14-17-18-15(23-14)11-19-7-9-20(10-8-19)24(21,22)13-5-3-12(16)4-6-13/h3-6H,2,7-11H2,1H3. The zero-order valence-corrected chi connectivity index (χ0v) is 14.9. The zero-order valence-electron chi connectivity index (χ0n) is 13.4. The normalized spacial score (nSPS) is 17.2. The second kappa shape index (κ2) is 7.18. The monoisotopic (exact) mass is 370 g/mol. The van der Waals surface area contributed by atoms with E-state index in [2.05, 4.69) is 15.1 Å². The molecule has 2 aromatic rings. The Balaban J connectivity index is 1.60. The number of piperazine rings is 1. The fourth-order valence-electron chi connectivity index (χ4n) is 2.57. The van der Waals surface area contributed by atoms with Crippen LogP contribution >= 0.6 is 11.6 Å². The summed E-state index contributed by atoms with van der Waals surface area (Å²) in [6.45, 7) is 4.60. The fourth-order valence-corrected chi connectivity index (χ4v) is 4.12. The highest BCUT2D eigenvalue weighted by molar-refractivity contribution is 7.89. The van der Waals surface area contributed by atoms with E-state index in [0.29, 0.717) is 55.9 Å². The third kappa shape index (κ3) is 3.77. The van der Waals surface area contributed by atoms with Crippen LogP contribution in [0.5, 0.6) is 0 Å². The predicted octanol–water partition coefficient (Wildman–Crippen LogP) is 1.79. The average Bonchev–Trinajstić information content (AvgIpc) is 3.03. The average molecular weight is 371 g/mol. The largest absolute Gasteiger partial charge is 0.424 e. The molecule has 1 aromatic heterocycles. The molecule has 3 rings (SSSR count). The van der Waals surface area contributed by atoms with Crippen LogP contribution in [0.2, 0.25) is 5.02 Å². The van der Waals surface area contributed by atoms with Gasteiger partial charge < -0.3 is 4.42 Å². The highest BCUT2D eigenvalue weighted by Crippen LogP contribution is 2.20. The topological polar surface area (TPSA) is 79.5 Å². The van der Waals surface area contributed by atoms with E-state index in [9.17, 15) is 8.42 Å². The van der Waals surface area contributed by atoms with Crippen LogP contribution in [0.15, 0.2) is 33.6 Å². The maximum atomic E-state index is 12.6. The summed E-state index contributed by atoms with van der Waals surface area (Å²) in [5, 5.41) is 8.46. The van der Waals surface area contributed by atoms with Crippen molar-refractivity contribution in [3.05, 3.63) is 41.1 Å². The van der Waals surface area contributed by atoms with Crippen molar-refractivity contribution < 1.29 is 12.8 Å². The van der Waals surface area contributed by atoms with Crippen LogP contribution in [0.4, 0.5) is 0 Å². The second-order valence-electron chi connectivity index (χ2n) is 5.58. The van der Waals surface area contributed by atoms with E-state index >= 15 is 0 Å². The molecular formula is C15H19ClN4O3S. The van der Waals surface area contributed by atoms with E-state index < -0.39 is 10.0 Å². The second-order valence-corrected chi connectivity index (χ2v) is 7.95. The van der Waals surface area contributed by atoms with E-state index in [1.54, 1.807) is 12.1 Å². The SMILES string of the molecule is CCc1nnc(CN2CCN(S(=O)(=O)c3ccc(Cl)cc3)CC2)o1. The Morgan fingerprint density at radius 2 is 1.71 bits per heavy atom. The van der Waals surface area contributed by atoms with Gasteiger partial charge in [-0.2, -0.15) is 4.31 Å². The maximum absolute atomic E-state index is 12.6. The van der Waals surface area contributed by atoms with Crippen LogP contribution in [0.1, 0.15) is 18.7 Å². The molecule has 0 bridgehead atoms. The molecule has 130 valence electrons. The molecule has 0 spiro atoms. The highest BCUT2D eigenvalue weighted by atomic mass is 35.5. The maximum Gasteiger partial charge on any atom is 0.243 e. The molecule has 1 aliphatic rings. The molecule has 0 aliphatic carbocycles. The Morgan fingerprint density at radius 1 is 1.08 bits per heavy atom. The molecule has 0 saturated carbocycles. The van der Waals surface area contributed by atoms with Gasteiger partial charge in [-0.25, -0.2) is 8.42 Å². The van der Waals surface area contributed by atoms with Crippen molar-refractivity contribution in [1.82, 2.24) is 19.4 Å². The first-order valence-electron chi connectivity index (χ1n) is 7.78. The van der Waals surface area contributed by atoms with E-state index in [4.69, 9.17) is 16.0 Å².